The molecule has 0 saturated carbocycles. The van der Waals surface area contributed by atoms with Gasteiger partial charge in [0.1, 0.15) is 6.61 Å². The Hall–Kier alpha value is -2.04. The molecule has 2 heterocycles. The fourth-order valence-corrected chi connectivity index (χ4v) is 2.46. The largest absolute Gasteiger partial charge is 0.445 e. The van der Waals surface area contributed by atoms with Crippen LogP contribution in [0.15, 0.2) is 35.5 Å². The molecule has 0 spiro atoms. The van der Waals surface area contributed by atoms with Crippen LogP contribution in [0.1, 0.15) is 12.5 Å². The SMILES string of the molecule is CC1=NOC2CN(C(=O)OCc3ccccc3)CC12. The van der Waals surface area contributed by atoms with Crippen molar-refractivity contribution in [3.63, 3.8) is 0 Å². The quantitative estimate of drug-likeness (QED) is 0.817. The minimum Gasteiger partial charge on any atom is -0.445 e. The fraction of sp³-hybridized carbons (Fsp3) is 0.429. The first-order valence-electron chi connectivity index (χ1n) is 6.40. The van der Waals surface area contributed by atoms with E-state index in [0.29, 0.717) is 19.7 Å². The molecular weight excluding hydrogens is 244 g/mol. The van der Waals surface area contributed by atoms with Gasteiger partial charge < -0.3 is 14.5 Å². The van der Waals surface area contributed by atoms with Crippen LogP contribution in [-0.2, 0) is 16.2 Å². The van der Waals surface area contributed by atoms with Crippen molar-refractivity contribution in [3.05, 3.63) is 35.9 Å². The maximum absolute atomic E-state index is 12.0. The molecule has 5 heteroatoms. The highest BCUT2D eigenvalue weighted by atomic mass is 16.6. The van der Waals surface area contributed by atoms with Crippen LogP contribution in [0, 0.1) is 5.92 Å². The Labute approximate surface area is 111 Å². The standard InChI is InChI=1S/C14H16N2O3/c1-10-12-7-16(8-13(12)19-15-10)14(17)18-9-11-5-3-2-4-6-11/h2-6,12-13H,7-9H2,1H3. The zero-order valence-electron chi connectivity index (χ0n) is 10.8. The summed E-state index contributed by atoms with van der Waals surface area (Å²) in [6, 6.07) is 9.67. The predicted molar refractivity (Wildman–Crippen MR) is 69.7 cm³/mol. The van der Waals surface area contributed by atoms with Crippen molar-refractivity contribution in [1.29, 1.82) is 0 Å². The fourth-order valence-electron chi connectivity index (χ4n) is 2.46. The van der Waals surface area contributed by atoms with Crippen molar-refractivity contribution in [2.24, 2.45) is 11.1 Å². The normalized spacial score (nSPS) is 24.7. The summed E-state index contributed by atoms with van der Waals surface area (Å²) in [4.78, 5) is 18.9. The number of rotatable bonds is 2. The molecule has 2 aliphatic heterocycles. The van der Waals surface area contributed by atoms with Crippen LogP contribution in [0.2, 0.25) is 0 Å². The summed E-state index contributed by atoms with van der Waals surface area (Å²) in [6.45, 7) is 3.43. The molecule has 1 fully saturated rings. The average molecular weight is 260 g/mol. The van der Waals surface area contributed by atoms with Crippen molar-refractivity contribution in [2.45, 2.75) is 19.6 Å². The number of likely N-dealkylation sites (tertiary alicyclic amines) is 1. The van der Waals surface area contributed by atoms with Crippen molar-refractivity contribution in [1.82, 2.24) is 4.90 Å². The molecular formula is C14H16N2O3. The molecule has 100 valence electrons. The van der Waals surface area contributed by atoms with E-state index in [4.69, 9.17) is 9.57 Å². The highest BCUT2D eigenvalue weighted by Crippen LogP contribution is 2.27. The smallest absolute Gasteiger partial charge is 0.410 e. The van der Waals surface area contributed by atoms with Crippen LogP contribution in [0.4, 0.5) is 4.79 Å². The van der Waals surface area contributed by atoms with Crippen LogP contribution in [0.5, 0.6) is 0 Å². The van der Waals surface area contributed by atoms with Gasteiger partial charge in [0.05, 0.1) is 18.2 Å². The molecule has 5 nitrogen and oxygen atoms in total. The first-order valence-corrected chi connectivity index (χ1v) is 6.40. The van der Waals surface area contributed by atoms with E-state index in [-0.39, 0.29) is 18.1 Å². The number of carbonyl (C=O) groups excluding carboxylic acids is 1. The van der Waals surface area contributed by atoms with Gasteiger partial charge in [-0.2, -0.15) is 0 Å². The van der Waals surface area contributed by atoms with Gasteiger partial charge in [0, 0.05) is 6.54 Å². The van der Waals surface area contributed by atoms with Crippen molar-refractivity contribution >= 4 is 11.8 Å². The lowest BCUT2D eigenvalue weighted by molar-refractivity contribution is 0.0664. The van der Waals surface area contributed by atoms with Gasteiger partial charge >= 0.3 is 6.09 Å². The third-order valence-electron chi connectivity index (χ3n) is 3.60. The van der Waals surface area contributed by atoms with Crippen molar-refractivity contribution in [2.75, 3.05) is 13.1 Å². The maximum Gasteiger partial charge on any atom is 0.410 e. The van der Waals surface area contributed by atoms with E-state index >= 15 is 0 Å². The van der Waals surface area contributed by atoms with E-state index in [2.05, 4.69) is 5.16 Å². The van der Waals surface area contributed by atoms with E-state index < -0.39 is 0 Å². The molecule has 2 unspecified atom stereocenters. The van der Waals surface area contributed by atoms with Gasteiger partial charge in [0.15, 0.2) is 6.10 Å². The number of amides is 1. The average Bonchev–Trinajstić information content (AvgIpc) is 3.00. The molecule has 0 N–H and O–H groups in total. The second kappa shape index (κ2) is 4.91. The van der Waals surface area contributed by atoms with Gasteiger partial charge in [-0.25, -0.2) is 4.79 Å². The Morgan fingerprint density at radius 1 is 1.42 bits per heavy atom. The molecule has 0 aliphatic carbocycles. The van der Waals surface area contributed by atoms with Gasteiger partial charge in [-0.15, -0.1) is 0 Å². The summed E-state index contributed by atoms with van der Waals surface area (Å²) in [5, 5.41) is 3.95. The van der Waals surface area contributed by atoms with E-state index in [1.807, 2.05) is 37.3 Å². The van der Waals surface area contributed by atoms with Gasteiger partial charge in [-0.1, -0.05) is 35.5 Å². The maximum atomic E-state index is 12.0. The number of oxime groups is 1. The van der Waals surface area contributed by atoms with Gasteiger partial charge in [-0.3, -0.25) is 0 Å². The monoisotopic (exact) mass is 260 g/mol. The minimum atomic E-state index is -0.283. The van der Waals surface area contributed by atoms with Gasteiger partial charge in [-0.05, 0) is 12.5 Å². The Morgan fingerprint density at radius 3 is 2.95 bits per heavy atom. The number of nitrogens with zero attached hydrogens (tertiary/aromatic N) is 2. The van der Waals surface area contributed by atoms with E-state index in [9.17, 15) is 4.79 Å². The van der Waals surface area contributed by atoms with Crippen LogP contribution in [0.3, 0.4) is 0 Å². The lowest BCUT2D eigenvalue weighted by Gasteiger charge is -2.16. The number of benzene rings is 1. The predicted octanol–water partition coefficient (Wildman–Crippen LogP) is 2.03. The first-order chi connectivity index (χ1) is 9.24. The third kappa shape index (κ3) is 2.41. The van der Waals surface area contributed by atoms with Gasteiger partial charge in [0.25, 0.3) is 0 Å². The molecule has 1 saturated heterocycles. The van der Waals surface area contributed by atoms with E-state index in [1.165, 1.54) is 0 Å². The number of carbonyl (C=O) groups is 1. The highest BCUT2D eigenvalue weighted by Gasteiger charge is 2.42. The van der Waals surface area contributed by atoms with Crippen molar-refractivity contribution < 1.29 is 14.4 Å². The Bertz CT molecular complexity index is 501. The minimum absolute atomic E-state index is 0.00396. The molecule has 19 heavy (non-hydrogen) atoms. The molecule has 0 radical (unpaired) electrons. The zero-order valence-corrected chi connectivity index (χ0v) is 10.8. The molecule has 2 aliphatic rings. The molecule has 3 rings (SSSR count). The van der Waals surface area contributed by atoms with Crippen molar-refractivity contribution in [3.8, 4) is 0 Å². The summed E-state index contributed by atoms with van der Waals surface area (Å²) >= 11 is 0. The molecule has 1 aromatic carbocycles. The highest BCUT2D eigenvalue weighted by molar-refractivity contribution is 5.87. The topological polar surface area (TPSA) is 51.1 Å². The molecule has 2 atom stereocenters. The van der Waals surface area contributed by atoms with Crippen LogP contribution in [0.25, 0.3) is 0 Å². The number of fused-ring (bicyclic) bond motifs is 1. The Morgan fingerprint density at radius 2 is 2.21 bits per heavy atom. The summed E-state index contributed by atoms with van der Waals surface area (Å²) in [6.07, 6.45) is -0.279. The van der Waals surface area contributed by atoms with Crippen LogP contribution >= 0.6 is 0 Å². The molecule has 1 aromatic rings. The Kier molecular flexibility index (Phi) is 3.11. The lowest BCUT2D eigenvalue weighted by atomic mass is 10.0. The molecule has 0 aromatic heterocycles. The number of ether oxygens (including phenoxy) is 1. The second-order valence-corrected chi connectivity index (χ2v) is 4.93. The Balaban J connectivity index is 1.53. The van der Waals surface area contributed by atoms with Gasteiger partial charge in [0.2, 0.25) is 0 Å². The van der Waals surface area contributed by atoms with Crippen LogP contribution in [-0.4, -0.2) is 35.9 Å². The molecule has 1 amide bonds. The summed E-state index contributed by atoms with van der Waals surface area (Å²) in [5.41, 5.74) is 1.95. The lowest BCUT2D eigenvalue weighted by Crippen LogP contribution is -2.30. The van der Waals surface area contributed by atoms with Crippen LogP contribution < -0.4 is 0 Å². The summed E-state index contributed by atoms with van der Waals surface area (Å²) < 4.78 is 5.30. The van der Waals surface area contributed by atoms with E-state index in [1.54, 1.807) is 4.90 Å². The summed E-state index contributed by atoms with van der Waals surface area (Å²) in [7, 11) is 0. The zero-order chi connectivity index (χ0) is 13.2. The number of hydrogen-bond donors (Lipinski definition) is 0. The molecule has 0 bridgehead atoms. The second-order valence-electron chi connectivity index (χ2n) is 4.93. The first kappa shape index (κ1) is 12.0. The third-order valence-corrected chi connectivity index (χ3v) is 3.60. The summed E-state index contributed by atoms with van der Waals surface area (Å²) in [5.74, 6) is 0.226. The van der Waals surface area contributed by atoms with E-state index in [0.717, 1.165) is 11.3 Å². The number of hydrogen-bond acceptors (Lipinski definition) is 4.